The fourth-order valence-corrected chi connectivity index (χ4v) is 2.71. The predicted octanol–water partition coefficient (Wildman–Crippen LogP) is 2.66. The molecule has 3 heteroatoms. The lowest BCUT2D eigenvalue weighted by molar-refractivity contribution is 0.703. The normalized spacial score (nSPS) is 16.0. The summed E-state index contributed by atoms with van der Waals surface area (Å²) in [4.78, 5) is 6.88. The number of nitrogens with two attached hydrogens (primary N) is 1. The summed E-state index contributed by atoms with van der Waals surface area (Å²) in [6.07, 6.45) is 2.92. The molecule has 2 heterocycles. The molecular formula is C16H19N3. The van der Waals surface area contributed by atoms with E-state index >= 15 is 0 Å². The van der Waals surface area contributed by atoms with E-state index in [0.29, 0.717) is 0 Å². The number of pyridine rings is 1. The van der Waals surface area contributed by atoms with Gasteiger partial charge in [0.15, 0.2) is 0 Å². The van der Waals surface area contributed by atoms with E-state index in [9.17, 15) is 0 Å². The molecule has 1 aromatic heterocycles. The number of anilines is 1. The fraction of sp³-hybridized carbons (Fsp3) is 0.312. The summed E-state index contributed by atoms with van der Waals surface area (Å²) in [6.45, 7) is 3.94. The Kier molecular flexibility index (Phi) is 3.22. The van der Waals surface area contributed by atoms with Crippen LogP contribution in [-0.4, -0.2) is 11.5 Å². The molecule has 0 bridgehead atoms. The third kappa shape index (κ3) is 2.34. The Morgan fingerprint density at radius 2 is 1.95 bits per heavy atom. The van der Waals surface area contributed by atoms with Gasteiger partial charge >= 0.3 is 0 Å². The minimum atomic E-state index is 0.0147. The molecule has 0 radical (unpaired) electrons. The molecule has 98 valence electrons. The van der Waals surface area contributed by atoms with E-state index in [4.69, 9.17) is 5.73 Å². The molecule has 2 N–H and O–H groups in total. The lowest BCUT2D eigenvalue weighted by atomic mass is 9.99. The lowest BCUT2D eigenvalue weighted by Crippen LogP contribution is -2.32. The Bertz CT molecular complexity index is 578. The van der Waals surface area contributed by atoms with Crippen molar-refractivity contribution in [2.45, 2.75) is 25.9 Å². The second kappa shape index (κ2) is 5.02. The minimum absolute atomic E-state index is 0.0147. The first-order valence-electron chi connectivity index (χ1n) is 6.78. The number of aromatic nitrogens is 1. The summed E-state index contributed by atoms with van der Waals surface area (Å²) in [7, 11) is 0. The maximum absolute atomic E-state index is 6.05. The van der Waals surface area contributed by atoms with Crippen LogP contribution in [0.2, 0.25) is 0 Å². The summed E-state index contributed by atoms with van der Waals surface area (Å²) in [5.41, 5.74) is 10.0. The molecule has 0 amide bonds. The van der Waals surface area contributed by atoms with E-state index < -0.39 is 0 Å². The zero-order chi connectivity index (χ0) is 13.2. The van der Waals surface area contributed by atoms with Gasteiger partial charge in [0.05, 0.1) is 0 Å². The third-order valence-corrected chi connectivity index (χ3v) is 3.74. The maximum atomic E-state index is 6.05. The van der Waals surface area contributed by atoms with Crippen molar-refractivity contribution < 1.29 is 0 Å². The first-order valence-corrected chi connectivity index (χ1v) is 6.78. The number of benzene rings is 1. The fourth-order valence-electron chi connectivity index (χ4n) is 2.71. The first-order chi connectivity index (χ1) is 9.25. The van der Waals surface area contributed by atoms with Gasteiger partial charge in [-0.25, -0.2) is 4.98 Å². The number of nitrogens with zero attached hydrogens (tertiary/aromatic N) is 2. The topological polar surface area (TPSA) is 42.1 Å². The molecule has 3 nitrogen and oxygen atoms in total. The van der Waals surface area contributed by atoms with Crippen molar-refractivity contribution in [3.05, 3.63) is 59.3 Å². The van der Waals surface area contributed by atoms with E-state index in [1.165, 1.54) is 11.1 Å². The highest BCUT2D eigenvalue weighted by Crippen LogP contribution is 2.27. The zero-order valence-corrected chi connectivity index (χ0v) is 11.2. The Morgan fingerprint density at radius 1 is 1.16 bits per heavy atom. The van der Waals surface area contributed by atoms with Gasteiger partial charge in [0, 0.05) is 30.9 Å². The van der Waals surface area contributed by atoms with Crippen molar-refractivity contribution >= 4 is 5.82 Å². The average Bonchev–Trinajstić information content (AvgIpc) is 2.46. The summed E-state index contributed by atoms with van der Waals surface area (Å²) in [5.74, 6) is 1.03. The smallest absolute Gasteiger partial charge is 0.133 e. The van der Waals surface area contributed by atoms with Gasteiger partial charge in [-0.15, -0.1) is 0 Å². The highest BCUT2D eigenvalue weighted by Gasteiger charge is 2.20. The molecule has 0 fully saturated rings. The van der Waals surface area contributed by atoms with E-state index in [2.05, 4.69) is 40.2 Å². The van der Waals surface area contributed by atoms with E-state index in [1.54, 1.807) is 0 Å². The Balaban J connectivity index is 1.93. The molecule has 0 spiro atoms. The Morgan fingerprint density at radius 3 is 2.74 bits per heavy atom. The van der Waals surface area contributed by atoms with Crippen molar-refractivity contribution in [1.29, 1.82) is 0 Å². The van der Waals surface area contributed by atoms with E-state index in [-0.39, 0.29) is 6.04 Å². The largest absolute Gasteiger partial charge is 0.352 e. The van der Waals surface area contributed by atoms with E-state index in [0.717, 1.165) is 30.9 Å². The van der Waals surface area contributed by atoms with Crippen LogP contribution < -0.4 is 10.6 Å². The number of rotatable bonds is 2. The summed E-state index contributed by atoms with van der Waals surface area (Å²) in [6, 6.07) is 12.7. The summed E-state index contributed by atoms with van der Waals surface area (Å²) >= 11 is 0. The Hall–Kier alpha value is -1.87. The molecule has 19 heavy (non-hydrogen) atoms. The zero-order valence-electron chi connectivity index (χ0n) is 11.2. The van der Waals surface area contributed by atoms with Gasteiger partial charge in [-0.3, -0.25) is 0 Å². The van der Waals surface area contributed by atoms with Gasteiger partial charge < -0.3 is 10.6 Å². The monoisotopic (exact) mass is 253 g/mol. The first kappa shape index (κ1) is 12.2. The predicted molar refractivity (Wildman–Crippen MR) is 78.0 cm³/mol. The van der Waals surface area contributed by atoms with Crippen molar-refractivity contribution in [2.75, 3.05) is 11.4 Å². The molecule has 3 rings (SSSR count). The van der Waals surface area contributed by atoms with Crippen LogP contribution >= 0.6 is 0 Å². The van der Waals surface area contributed by atoms with Gasteiger partial charge in [0.2, 0.25) is 0 Å². The third-order valence-electron chi connectivity index (χ3n) is 3.74. The maximum Gasteiger partial charge on any atom is 0.133 e. The number of fused-ring (bicyclic) bond motifs is 1. The van der Waals surface area contributed by atoms with Crippen molar-refractivity contribution in [3.8, 4) is 0 Å². The van der Waals surface area contributed by atoms with Crippen LogP contribution in [0.3, 0.4) is 0 Å². The molecule has 0 saturated heterocycles. The molecular weight excluding hydrogens is 234 g/mol. The van der Waals surface area contributed by atoms with Crippen molar-refractivity contribution in [3.63, 3.8) is 0 Å². The Labute approximate surface area is 114 Å². The van der Waals surface area contributed by atoms with Crippen LogP contribution in [0.1, 0.15) is 29.7 Å². The molecule has 1 aliphatic heterocycles. The molecule has 0 unspecified atom stereocenters. The van der Waals surface area contributed by atoms with Gasteiger partial charge in [0.1, 0.15) is 5.82 Å². The van der Waals surface area contributed by atoms with Crippen molar-refractivity contribution in [2.24, 2.45) is 5.73 Å². The molecule has 0 saturated carbocycles. The molecule has 0 aliphatic carbocycles. The van der Waals surface area contributed by atoms with Gasteiger partial charge in [-0.05, 0) is 30.5 Å². The standard InChI is InChI=1S/C16H19N3/c1-12(17)15-7-4-9-18-16(15)19-10-8-13-5-2-3-6-14(13)11-19/h2-7,9,12H,8,10-11,17H2,1H3/t12-/m1/s1. The quantitative estimate of drug-likeness (QED) is 0.894. The van der Waals surface area contributed by atoms with E-state index in [1.807, 2.05) is 19.2 Å². The van der Waals surface area contributed by atoms with Crippen LogP contribution in [0.25, 0.3) is 0 Å². The lowest BCUT2D eigenvalue weighted by Gasteiger charge is -2.31. The van der Waals surface area contributed by atoms with Crippen LogP contribution in [0, 0.1) is 0 Å². The molecule has 1 aromatic carbocycles. The van der Waals surface area contributed by atoms with Gasteiger partial charge in [-0.2, -0.15) is 0 Å². The minimum Gasteiger partial charge on any atom is -0.352 e. The van der Waals surface area contributed by atoms with Crippen LogP contribution in [0.4, 0.5) is 5.82 Å². The summed E-state index contributed by atoms with van der Waals surface area (Å²) in [5, 5.41) is 0. The van der Waals surface area contributed by atoms with Crippen molar-refractivity contribution in [1.82, 2.24) is 4.98 Å². The SMILES string of the molecule is C[C@@H](N)c1cccnc1N1CCc2ccccc2C1. The number of hydrogen-bond donors (Lipinski definition) is 1. The molecule has 1 atom stereocenters. The molecule has 2 aromatic rings. The molecule has 1 aliphatic rings. The second-order valence-corrected chi connectivity index (χ2v) is 5.15. The second-order valence-electron chi connectivity index (χ2n) is 5.15. The summed E-state index contributed by atoms with van der Waals surface area (Å²) < 4.78 is 0. The van der Waals surface area contributed by atoms with Crippen LogP contribution in [0.15, 0.2) is 42.6 Å². The average molecular weight is 253 g/mol. The van der Waals surface area contributed by atoms with Crippen LogP contribution in [-0.2, 0) is 13.0 Å². The highest BCUT2D eigenvalue weighted by atomic mass is 15.2. The van der Waals surface area contributed by atoms with Gasteiger partial charge in [0.25, 0.3) is 0 Å². The number of hydrogen-bond acceptors (Lipinski definition) is 3. The van der Waals surface area contributed by atoms with Gasteiger partial charge in [-0.1, -0.05) is 30.3 Å². The highest BCUT2D eigenvalue weighted by molar-refractivity contribution is 5.50. The van der Waals surface area contributed by atoms with Crippen LogP contribution in [0.5, 0.6) is 0 Å².